The number of hydrogen-bond acceptors (Lipinski definition) is 7. The second-order valence-corrected chi connectivity index (χ2v) is 16.0. The number of alkyl halides is 1. The molecule has 3 aromatic heterocycles. The molecule has 2 aliphatic rings. The summed E-state index contributed by atoms with van der Waals surface area (Å²) in [5.74, 6) is 1.09. The van der Waals surface area contributed by atoms with Crippen molar-refractivity contribution < 1.29 is 18.7 Å². The lowest BCUT2D eigenvalue weighted by molar-refractivity contribution is 0.0220. The number of fused-ring (bicyclic) bond motifs is 1. The van der Waals surface area contributed by atoms with Crippen molar-refractivity contribution in [2.75, 3.05) is 36.3 Å². The van der Waals surface area contributed by atoms with Crippen LogP contribution in [0.4, 0.5) is 15.9 Å². The van der Waals surface area contributed by atoms with Gasteiger partial charge in [-0.25, -0.2) is 14.1 Å². The average Bonchev–Trinajstić information content (AvgIpc) is 3.55. The first-order valence-corrected chi connectivity index (χ1v) is 15.9. The summed E-state index contributed by atoms with van der Waals surface area (Å²) in [6, 6.07) is 6.56. The van der Waals surface area contributed by atoms with E-state index >= 15 is 0 Å². The van der Waals surface area contributed by atoms with Gasteiger partial charge < -0.3 is 14.4 Å². The molecule has 0 N–H and O–H groups in total. The summed E-state index contributed by atoms with van der Waals surface area (Å²) in [6.45, 7) is 9.02. The molecule has 190 valence electrons. The Labute approximate surface area is 210 Å². The van der Waals surface area contributed by atoms with Gasteiger partial charge >= 0.3 is 0 Å². The molecular weight excluding hydrogens is 479 g/mol. The normalized spacial score (nSPS) is 17.7. The minimum atomic E-state index is -1.17. The molecule has 9 nitrogen and oxygen atoms in total. The Kier molecular flexibility index (Phi) is 6.76. The number of pyridine rings is 2. The van der Waals surface area contributed by atoms with Gasteiger partial charge in [0.1, 0.15) is 12.0 Å². The average molecular weight is 511 g/mol. The number of anilines is 2. The van der Waals surface area contributed by atoms with Crippen LogP contribution < -0.4 is 14.5 Å². The molecule has 0 unspecified atom stereocenters. The minimum Gasteiger partial charge on any atom is -0.464 e. The van der Waals surface area contributed by atoms with E-state index in [1.165, 1.54) is 0 Å². The number of amides is 1. The van der Waals surface area contributed by atoms with E-state index in [0.717, 1.165) is 17.5 Å². The van der Waals surface area contributed by atoms with E-state index in [0.29, 0.717) is 55.4 Å². The Morgan fingerprint density at radius 1 is 1.19 bits per heavy atom. The van der Waals surface area contributed by atoms with E-state index in [1.54, 1.807) is 40.4 Å². The first kappa shape index (κ1) is 24.4. The SMILES string of the molecule is C[Si](C)(C)CCOCOc1cnccc1N1Cc2nn(-c3ccc(N4CC[C@H](F)C4)nc3)cc2C1=O. The van der Waals surface area contributed by atoms with Crippen LogP contribution in [-0.4, -0.2) is 66.4 Å². The van der Waals surface area contributed by atoms with E-state index in [2.05, 4.69) is 34.7 Å². The zero-order chi connectivity index (χ0) is 25.3. The first-order chi connectivity index (χ1) is 17.3. The highest BCUT2D eigenvalue weighted by atomic mass is 28.3. The van der Waals surface area contributed by atoms with Crippen LogP contribution in [0.2, 0.25) is 25.7 Å². The maximum absolute atomic E-state index is 13.5. The number of hydrogen-bond donors (Lipinski definition) is 0. The number of rotatable bonds is 9. The van der Waals surface area contributed by atoms with Crippen molar-refractivity contribution in [3.63, 3.8) is 0 Å². The quantitative estimate of drug-likeness (QED) is 0.244. The second-order valence-electron chi connectivity index (χ2n) is 10.4. The molecule has 1 fully saturated rings. The predicted octanol–water partition coefficient (Wildman–Crippen LogP) is 4.06. The van der Waals surface area contributed by atoms with Crippen molar-refractivity contribution in [1.29, 1.82) is 0 Å². The molecule has 5 heterocycles. The molecule has 0 spiro atoms. The van der Waals surface area contributed by atoms with Crippen molar-refractivity contribution in [3.8, 4) is 11.4 Å². The van der Waals surface area contributed by atoms with Crippen LogP contribution in [0.3, 0.4) is 0 Å². The maximum atomic E-state index is 13.5. The third-order valence-electron chi connectivity index (χ3n) is 6.37. The van der Waals surface area contributed by atoms with Crippen LogP contribution in [0, 0.1) is 0 Å². The van der Waals surface area contributed by atoms with Gasteiger partial charge in [-0.3, -0.25) is 14.7 Å². The monoisotopic (exact) mass is 510 g/mol. The molecule has 2 aliphatic heterocycles. The Morgan fingerprint density at radius 3 is 2.75 bits per heavy atom. The van der Waals surface area contributed by atoms with Crippen molar-refractivity contribution in [2.24, 2.45) is 0 Å². The molecule has 1 atom stereocenters. The van der Waals surface area contributed by atoms with Crippen LogP contribution in [0.25, 0.3) is 5.69 Å². The number of halogens is 1. The van der Waals surface area contributed by atoms with Crippen LogP contribution in [0.15, 0.2) is 43.0 Å². The van der Waals surface area contributed by atoms with Crippen molar-refractivity contribution in [2.45, 2.75) is 44.8 Å². The van der Waals surface area contributed by atoms with Crippen molar-refractivity contribution >= 4 is 25.5 Å². The Morgan fingerprint density at radius 2 is 2.06 bits per heavy atom. The van der Waals surface area contributed by atoms with Gasteiger partial charge in [0.2, 0.25) is 0 Å². The lowest BCUT2D eigenvalue weighted by Gasteiger charge is -2.20. The smallest absolute Gasteiger partial charge is 0.262 e. The van der Waals surface area contributed by atoms with Gasteiger partial charge in [-0.2, -0.15) is 5.10 Å². The van der Waals surface area contributed by atoms with Crippen LogP contribution >= 0.6 is 0 Å². The molecular formula is C25H31FN6O3Si. The van der Waals surface area contributed by atoms with E-state index in [-0.39, 0.29) is 12.7 Å². The van der Waals surface area contributed by atoms with Gasteiger partial charge in [-0.15, -0.1) is 0 Å². The summed E-state index contributed by atoms with van der Waals surface area (Å²) in [5, 5.41) is 4.63. The molecule has 11 heteroatoms. The molecule has 0 aromatic carbocycles. The molecule has 0 radical (unpaired) electrons. The van der Waals surface area contributed by atoms with E-state index in [9.17, 15) is 9.18 Å². The maximum Gasteiger partial charge on any atom is 0.262 e. The number of nitrogens with zero attached hydrogens (tertiary/aromatic N) is 6. The molecule has 0 saturated carbocycles. The van der Waals surface area contributed by atoms with E-state index in [4.69, 9.17) is 9.47 Å². The Hall–Kier alpha value is -3.31. The number of aromatic nitrogens is 4. The summed E-state index contributed by atoms with van der Waals surface area (Å²) >= 11 is 0. The lowest BCUT2D eigenvalue weighted by atomic mass is 10.3. The number of carbonyl (C=O) groups is 1. The third-order valence-corrected chi connectivity index (χ3v) is 8.08. The second kappa shape index (κ2) is 9.98. The molecule has 3 aromatic rings. The van der Waals surface area contributed by atoms with Crippen molar-refractivity contribution in [1.82, 2.24) is 19.7 Å². The highest BCUT2D eigenvalue weighted by Crippen LogP contribution is 2.34. The molecule has 5 rings (SSSR count). The summed E-state index contributed by atoms with van der Waals surface area (Å²) in [5.41, 5.74) is 2.59. The van der Waals surface area contributed by atoms with Gasteiger partial charge in [-0.05, 0) is 30.7 Å². The Balaban J connectivity index is 1.24. The summed E-state index contributed by atoms with van der Waals surface area (Å²) in [6.07, 6.45) is 6.38. The first-order valence-electron chi connectivity index (χ1n) is 12.2. The zero-order valence-electron chi connectivity index (χ0n) is 20.9. The molecule has 36 heavy (non-hydrogen) atoms. The molecule has 0 aliphatic carbocycles. The topological polar surface area (TPSA) is 85.6 Å². The largest absolute Gasteiger partial charge is 0.464 e. The highest BCUT2D eigenvalue weighted by Gasteiger charge is 2.33. The summed E-state index contributed by atoms with van der Waals surface area (Å²) in [4.78, 5) is 25.4. The lowest BCUT2D eigenvalue weighted by Crippen LogP contribution is -2.25. The zero-order valence-corrected chi connectivity index (χ0v) is 21.9. The van der Waals surface area contributed by atoms with Crippen LogP contribution in [0.5, 0.6) is 5.75 Å². The van der Waals surface area contributed by atoms with Gasteiger partial charge in [0, 0.05) is 33.6 Å². The van der Waals surface area contributed by atoms with Crippen LogP contribution in [0.1, 0.15) is 22.5 Å². The Bertz CT molecular complexity index is 1230. The summed E-state index contributed by atoms with van der Waals surface area (Å²) in [7, 11) is -1.17. The number of ether oxygens (including phenoxy) is 2. The predicted molar refractivity (Wildman–Crippen MR) is 137 cm³/mol. The van der Waals surface area contributed by atoms with E-state index in [1.807, 2.05) is 17.0 Å². The van der Waals surface area contributed by atoms with Gasteiger partial charge in [0.05, 0.1) is 48.1 Å². The number of carbonyl (C=O) groups excluding carboxylic acids is 1. The fourth-order valence-electron chi connectivity index (χ4n) is 4.27. The van der Waals surface area contributed by atoms with Gasteiger partial charge in [0.15, 0.2) is 12.5 Å². The summed E-state index contributed by atoms with van der Waals surface area (Å²) < 4.78 is 26.6. The fourth-order valence-corrected chi connectivity index (χ4v) is 5.03. The van der Waals surface area contributed by atoms with E-state index < -0.39 is 14.2 Å². The van der Waals surface area contributed by atoms with Crippen LogP contribution in [-0.2, 0) is 11.3 Å². The van der Waals surface area contributed by atoms with Crippen molar-refractivity contribution in [3.05, 3.63) is 54.2 Å². The molecule has 1 amide bonds. The molecule has 0 bridgehead atoms. The minimum absolute atomic E-state index is 0.106. The fraction of sp³-hybridized carbons (Fsp3) is 0.440. The standard InChI is InChI=1S/C25H31FN6O3Si/c1-36(2,3)11-10-34-17-35-23-13-27-8-6-22(23)31-16-21-20(25(31)33)15-32(29-21)19-4-5-24(28-12-19)30-9-7-18(26)14-30/h4-6,8,12-13,15,18H,7,9-11,14,16-17H2,1-3H3/t18-/m0/s1. The van der Waals surface area contributed by atoms with Gasteiger partial charge in [-0.1, -0.05) is 19.6 Å². The highest BCUT2D eigenvalue weighted by molar-refractivity contribution is 6.76. The molecule has 1 saturated heterocycles. The van der Waals surface area contributed by atoms with Gasteiger partial charge in [0.25, 0.3) is 5.91 Å². The third kappa shape index (κ3) is 5.26.